The molecule has 2 heterocycles. The van der Waals surface area contributed by atoms with E-state index in [0.717, 1.165) is 5.69 Å². The van der Waals surface area contributed by atoms with Crippen molar-refractivity contribution in [2.24, 2.45) is 0 Å². The quantitative estimate of drug-likeness (QED) is 0.868. The van der Waals surface area contributed by atoms with Crippen LogP contribution in [0.25, 0.3) is 0 Å². The van der Waals surface area contributed by atoms with Crippen molar-refractivity contribution in [3.8, 4) is 0 Å². The van der Waals surface area contributed by atoms with E-state index in [1.807, 2.05) is 12.1 Å². The van der Waals surface area contributed by atoms with Gasteiger partial charge in [0.1, 0.15) is 16.7 Å². The van der Waals surface area contributed by atoms with Crippen LogP contribution < -0.4 is 9.62 Å². The second-order valence-electron chi connectivity index (χ2n) is 3.81. The Kier molecular flexibility index (Phi) is 4.33. The molecule has 0 aliphatic heterocycles. The van der Waals surface area contributed by atoms with Crippen LogP contribution in [0.2, 0.25) is 0 Å². The first-order valence-electron chi connectivity index (χ1n) is 5.51. The second-order valence-corrected chi connectivity index (χ2v) is 6.05. The minimum Gasteiger partial charge on any atom is -0.364 e. The summed E-state index contributed by atoms with van der Waals surface area (Å²) in [6, 6.07) is 3.76. The maximum absolute atomic E-state index is 11.9. The van der Waals surface area contributed by atoms with Gasteiger partial charge < -0.3 is 10.3 Å². The summed E-state index contributed by atoms with van der Waals surface area (Å²) in [6.07, 6.45) is 3.36. The number of aromatic nitrogens is 2. The van der Waals surface area contributed by atoms with Crippen LogP contribution in [0.15, 0.2) is 23.7 Å². The topological polar surface area (TPSA) is 78.1 Å². The fraction of sp³-hybridized carbons (Fsp3) is 0.273. The molecule has 8 heteroatoms. The van der Waals surface area contributed by atoms with Gasteiger partial charge in [0.15, 0.2) is 5.13 Å². The first-order valence-corrected chi connectivity index (χ1v) is 7.90. The average molecular weight is 298 g/mol. The predicted octanol–water partition coefficient (Wildman–Crippen LogP) is 1.13. The van der Waals surface area contributed by atoms with Gasteiger partial charge in [0.2, 0.25) is 0 Å². The van der Waals surface area contributed by atoms with Gasteiger partial charge in [-0.25, -0.2) is 9.19 Å². The Morgan fingerprint density at radius 1 is 1.63 bits per heavy atom. The Hall–Kier alpha value is -1.67. The summed E-state index contributed by atoms with van der Waals surface area (Å²) in [5, 5.41) is 4.98. The van der Waals surface area contributed by atoms with Crippen molar-refractivity contribution < 1.29 is 9.00 Å². The summed E-state index contributed by atoms with van der Waals surface area (Å²) in [4.78, 5) is 19.0. The number of rotatable bonds is 5. The number of nitrogens with zero attached hydrogens (tertiary/aromatic N) is 2. The van der Waals surface area contributed by atoms with E-state index in [9.17, 15) is 9.00 Å². The fourth-order valence-corrected chi connectivity index (χ4v) is 2.75. The third-order valence-corrected chi connectivity index (χ3v) is 4.46. The van der Waals surface area contributed by atoms with Crippen molar-refractivity contribution in [2.75, 3.05) is 17.6 Å². The number of aromatic amines is 1. The van der Waals surface area contributed by atoms with Gasteiger partial charge in [-0.3, -0.25) is 9.10 Å². The molecule has 0 bridgehead atoms. The van der Waals surface area contributed by atoms with Gasteiger partial charge in [-0.2, -0.15) is 0 Å². The summed E-state index contributed by atoms with van der Waals surface area (Å²) >= 11 is 1.29. The first-order chi connectivity index (χ1) is 9.08. The average Bonchev–Trinajstić information content (AvgIpc) is 3.05. The van der Waals surface area contributed by atoms with Crippen LogP contribution in [0, 0.1) is 0 Å². The van der Waals surface area contributed by atoms with Crippen LogP contribution in [-0.2, 0) is 17.5 Å². The lowest BCUT2D eigenvalue weighted by atomic mass is 10.4. The maximum atomic E-state index is 11.9. The van der Waals surface area contributed by atoms with E-state index in [0.29, 0.717) is 17.4 Å². The summed E-state index contributed by atoms with van der Waals surface area (Å²) < 4.78 is 12.8. The van der Waals surface area contributed by atoms with E-state index in [4.69, 9.17) is 0 Å². The van der Waals surface area contributed by atoms with Crippen LogP contribution in [0.1, 0.15) is 16.2 Å². The molecule has 0 saturated heterocycles. The predicted molar refractivity (Wildman–Crippen MR) is 76.5 cm³/mol. The van der Waals surface area contributed by atoms with Crippen molar-refractivity contribution in [3.05, 3.63) is 35.1 Å². The summed E-state index contributed by atoms with van der Waals surface area (Å²) in [5.74, 6) is -0.243. The van der Waals surface area contributed by atoms with E-state index in [1.54, 1.807) is 24.9 Å². The van der Waals surface area contributed by atoms with Gasteiger partial charge in [-0.1, -0.05) is 0 Å². The number of H-pyrrole nitrogens is 1. The second kappa shape index (κ2) is 5.98. The highest BCUT2D eigenvalue weighted by atomic mass is 32.2. The summed E-state index contributed by atoms with van der Waals surface area (Å²) in [6.45, 7) is 0.425. The zero-order valence-electron chi connectivity index (χ0n) is 10.5. The van der Waals surface area contributed by atoms with Crippen molar-refractivity contribution in [3.63, 3.8) is 0 Å². The molecule has 0 aromatic carbocycles. The highest BCUT2D eigenvalue weighted by Crippen LogP contribution is 2.20. The highest BCUT2D eigenvalue weighted by molar-refractivity contribution is 7.85. The van der Waals surface area contributed by atoms with Gasteiger partial charge in [-0.15, -0.1) is 11.3 Å². The molecule has 102 valence electrons. The van der Waals surface area contributed by atoms with Crippen molar-refractivity contribution in [2.45, 2.75) is 6.54 Å². The minimum atomic E-state index is -1.14. The van der Waals surface area contributed by atoms with E-state index in [2.05, 4.69) is 15.3 Å². The van der Waals surface area contributed by atoms with E-state index in [-0.39, 0.29) is 5.91 Å². The molecule has 1 amide bonds. The van der Waals surface area contributed by atoms with Crippen LogP contribution in [0.5, 0.6) is 0 Å². The molecule has 2 aromatic heterocycles. The third-order valence-electron chi connectivity index (χ3n) is 2.48. The summed E-state index contributed by atoms with van der Waals surface area (Å²) in [5.41, 5.74) is 1.26. The van der Waals surface area contributed by atoms with Crippen LogP contribution >= 0.6 is 11.3 Å². The number of amides is 1. The first kappa shape index (κ1) is 13.8. The zero-order chi connectivity index (χ0) is 13.8. The van der Waals surface area contributed by atoms with E-state index in [1.165, 1.54) is 15.6 Å². The fourth-order valence-electron chi connectivity index (χ4n) is 1.37. The number of thiazole rings is 1. The standard InChI is InChI=1S/C11H14N4O2S2/c1-15(19(2)17)11-14-9(7-18-11)10(16)13-6-8-4-3-5-12-8/h3-5,7,12H,6H2,1-2H3,(H,13,16). The molecule has 2 N–H and O–H groups in total. The molecule has 2 rings (SSSR count). The van der Waals surface area contributed by atoms with Crippen LogP contribution in [0.3, 0.4) is 0 Å². The number of hydrogen-bond donors (Lipinski definition) is 2. The molecule has 2 aromatic rings. The molecule has 1 unspecified atom stereocenters. The van der Waals surface area contributed by atoms with Gasteiger partial charge in [0.25, 0.3) is 5.91 Å². The van der Waals surface area contributed by atoms with Crippen LogP contribution in [0.4, 0.5) is 5.13 Å². The maximum Gasteiger partial charge on any atom is 0.271 e. The molecule has 1 atom stereocenters. The molecule has 0 radical (unpaired) electrons. The lowest BCUT2D eigenvalue weighted by Gasteiger charge is -2.10. The molecule has 0 aliphatic carbocycles. The van der Waals surface area contributed by atoms with E-state index >= 15 is 0 Å². The zero-order valence-corrected chi connectivity index (χ0v) is 12.2. The molecule has 6 nitrogen and oxygen atoms in total. The van der Waals surface area contributed by atoms with Gasteiger partial charge >= 0.3 is 0 Å². The lowest BCUT2D eigenvalue weighted by Crippen LogP contribution is -2.24. The highest BCUT2D eigenvalue weighted by Gasteiger charge is 2.14. The van der Waals surface area contributed by atoms with Crippen LogP contribution in [-0.4, -0.2) is 33.4 Å². The van der Waals surface area contributed by atoms with E-state index < -0.39 is 11.0 Å². The largest absolute Gasteiger partial charge is 0.364 e. The minimum absolute atomic E-state index is 0.243. The third kappa shape index (κ3) is 3.42. The summed E-state index contributed by atoms with van der Waals surface area (Å²) in [7, 11) is 0.531. The Balaban J connectivity index is 1.98. The monoisotopic (exact) mass is 298 g/mol. The molecule has 0 spiro atoms. The Morgan fingerprint density at radius 3 is 3.05 bits per heavy atom. The smallest absolute Gasteiger partial charge is 0.271 e. The number of carbonyl (C=O) groups is 1. The van der Waals surface area contributed by atoms with Crippen molar-refractivity contribution in [1.29, 1.82) is 0 Å². The Bertz CT molecular complexity index is 579. The van der Waals surface area contributed by atoms with Gasteiger partial charge in [0, 0.05) is 30.6 Å². The number of hydrogen-bond acceptors (Lipinski definition) is 4. The molecule has 0 aliphatic rings. The Labute approximate surface area is 117 Å². The van der Waals surface area contributed by atoms with Gasteiger partial charge in [0.05, 0.1) is 6.54 Å². The van der Waals surface area contributed by atoms with Crippen molar-refractivity contribution >= 4 is 33.4 Å². The van der Waals surface area contributed by atoms with Crippen molar-refractivity contribution in [1.82, 2.24) is 15.3 Å². The SMILES string of the molecule is CN(c1nc(C(=O)NCc2ccc[nH]2)cs1)S(C)=O. The number of nitrogens with one attached hydrogen (secondary N) is 2. The molecule has 0 saturated carbocycles. The molecule has 0 fully saturated rings. The lowest BCUT2D eigenvalue weighted by molar-refractivity contribution is 0.0946. The Morgan fingerprint density at radius 2 is 2.42 bits per heavy atom. The number of anilines is 1. The van der Waals surface area contributed by atoms with Gasteiger partial charge in [-0.05, 0) is 12.1 Å². The molecular formula is C11H14N4O2S2. The normalized spacial score (nSPS) is 12.1. The molecule has 19 heavy (non-hydrogen) atoms. The molecular weight excluding hydrogens is 284 g/mol. The number of carbonyl (C=O) groups excluding carboxylic acids is 1.